The number of amides is 1. The van der Waals surface area contributed by atoms with Crippen molar-refractivity contribution in [1.82, 2.24) is 9.88 Å². The van der Waals surface area contributed by atoms with Gasteiger partial charge < -0.3 is 15.0 Å². The van der Waals surface area contributed by atoms with E-state index in [1.807, 2.05) is 0 Å². The van der Waals surface area contributed by atoms with Gasteiger partial charge in [-0.3, -0.25) is 9.59 Å². The van der Waals surface area contributed by atoms with Crippen LogP contribution < -0.4 is 5.32 Å². The molecular weight excluding hydrogens is 289 g/mol. The minimum Gasteiger partial charge on any atom is -0.481 e. The van der Waals surface area contributed by atoms with E-state index < -0.39 is 30.6 Å². The molecule has 1 heterocycles. The first-order valence-corrected chi connectivity index (χ1v) is 6.34. The van der Waals surface area contributed by atoms with Crippen molar-refractivity contribution in [2.24, 2.45) is 5.92 Å². The van der Waals surface area contributed by atoms with Crippen LogP contribution in [0.4, 0.5) is 13.2 Å². The van der Waals surface area contributed by atoms with Gasteiger partial charge in [0.2, 0.25) is 0 Å². The Morgan fingerprint density at radius 2 is 2.00 bits per heavy atom. The Morgan fingerprint density at radius 3 is 2.48 bits per heavy atom. The molecule has 0 aliphatic rings. The van der Waals surface area contributed by atoms with Crippen molar-refractivity contribution >= 4 is 11.9 Å². The van der Waals surface area contributed by atoms with E-state index in [0.29, 0.717) is 0 Å². The lowest BCUT2D eigenvalue weighted by atomic mass is 10.0. The number of carboxylic acid groups (broad SMARTS) is 1. The number of carbonyl (C=O) groups is 2. The van der Waals surface area contributed by atoms with Gasteiger partial charge in [-0.1, -0.05) is 13.8 Å². The van der Waals surface area contributed by atoms with Crippen molar-refractivity contribution < 1.29 is 27.9 Å². The largest absolute Gasteiger partial charge is 0.481 e. The third-order valence-electron chi connectivity index (χ3n) is 2.93. The van der Waals surface area contributed by atoms with Crippen LogP contribution in [0.3, 0.4) is 0 Å². The van der Waals surface area contributed by atoms with Crippen molar-refractivity contribution in [2.45, 2.75) is 39.0 Å². The van der Waals surface area contributed by atoms with Crippen LogP contribution >= 0.6 is 0 Å². The standard InChI is InChI=1S/C13H17F3N2O3/c1-8(2)9(6-11(19)20)17-12(21)10-4-3-5-18(10)7-13(14,15)16/h3-5,8-9H,6-7H2,1-2H3,(H,17,21)(H,19,20). The summed E-state index contributed by atoms with van der Waals surface area (Å²) in [6, 6.07) is 1.95. The van der Waals surface area contributed by atoms with Gasteiger partial charge in [0, 0.05) is 12.2 Å². The first-order valence-electron chi connectivity index (χ1n) is 6.34. The highest BCUT2D eigenvalue weighted by Gasteiger charge is 2.30. The number of hydrogen-bond donors (Lipinski definition) is 2. The highest BCUT2D eigenvalue weighted by atomic mass is 19.4. The molecule has 0 spiro atoms. The lowest BCUT2D eigenvalue weighted by Crippen LogP contribution is -2.41. The summed E-state index contributed by atoms with van der Waals surface area (Å²) in [7, 11) is 0. The molecular formula is C13H17F3N2O3. The van der Waals surface area contributed by atoms with Gasteiger partial charge in [0.1, 0.15) is 12.2 Å². The van der Waals surface area contributed by atoms with Crippen molar-refractivity contribution in [1.29, 1.82) is 0 Å². The SMILES string of the molecule is CC(C)C(CC(=O)O)NC(=O)c1cccn1CC(F)(F)F. The lowest BCUT2D eigenvalue weighted by molar-refractivity contribution is -0.140. The van der Waals surface area contributed by atoms with E-state index >= 15 is 0 Å². The summed E-state index contributed by atoms with van der Waals surface area (Å²) in [5.74, 6) is -1.96. The van der Waals surface area contributed by atoms with Crippen molar-refractivity contribution in [3.05, 3.63) is 24.0 Å². The Morgan fingerprint density at radius 1 is 1.38 bits per heavy atom. The lowest BCUT2D eigenvalue weighted by Gasteiger charge is -2.21. The Kier molecular flexibility index (Phi) is 5.40. The Hall–Kier alpha value is -1.99. The van der Waals surface area contributed by atoms with Gasteiger partial charge in [0.05, 0.1) is 6.42 Å². The van der Waals surface area contributed by atoms with Crippen molar-refractivity contribution in [2.75, 3.05) is 0 Å². The Balaban J connectivity index is 2.84. The Bertz CT molecular complexity index is 509. The summed E-state index contributed by atoms with van der Waals surface area (Å²) < 4.78 is 38.0. The van der Waals surface area contributed by atoms with Crippen LogP contribution in [0.25, 0.3) is 0 Å². The maximum absolute atomic E-state index is 12.4. The zero-order valence-corrected chi connectivity index (χ0v) is 11.6. The predicted octanol–water partition coefficient (Wildman–Crippen LogP) is 2.28. The van der Waals surface area contributed by atoms with Crippen LogP contribution in [-0.4, -0.2) is 33.8 Å². The average molecular weight is 306 g/mol. The van der Waals surface area contributed by atoms with Gasteiger partial charge in [-0.25, -0.2) is 0 Å². The van der Waals surface area contributed by atoms with Crippen LogP contribution in [0.15, 0.2) is 18.3 Å². The van der Waals surface area contributed by atoms with Gasteiger partial charge in [-0.2, -0.15) is 13.2 Å². The highest BCUT2D eigenvalue weighted by molar-refractivity contribution is 5.93. The molecule has 0 saturated heterocycles. The number of carbonyl (C=O) groups excluding carboxylic acids is 1. The van der Waals surface area contributed by atoms with Crippen molar-refractivity contribution in [3.8, 4) is 0 Å². The van der Waals surface area contributed by atoms with Gasteiger partial charge in [0.15, 0.2) is 0 Å². The third-order valence-corrected chi connectivity index (χ3v) is 2.93. The molecule has 0 aromatic carbocycles. The van der Waals surface area contributed by atoms with Crippen LogP contribution in [-0.2, 0) is 11.3 Å². The topological polar surface area (TPSA) is 71.3 Å². The predicted molar refractivity (Wildman–Crippen MR) is 68.8 cm³/mol. The molecule has 1 aromatic heterocycles. The van der Waals surface area contributed by atoms with Crippen LogP contribution in [0.5, 0.6) is 0 Å². The molecule has 118 valence electrons. The molecule has 8 heteroatoms. The fourth-order valence-corrected chi connectivity index (χ4v) is 1.84. The molecule has 0 aliphatic heterocycles. The number of nitrogens with zero attached hydrogens (tertiary/aromatic N) is 1. The second-order valence-electron chi connectivity index (χ2n) is 5.06. The second kappa shape index (κ2) is 6.64. The van der Waals surface area contributed by atoms with E-state index in [2.05, 4.69) is 5.32 Å². The maximum Gasteiger partial charge on any atom is 0.406 e. The normalized spacial score (nSPS) is 13.2. The molecule has 0 saturated carbocycles. The third kappa shape index (κ3) is 5.49. The zero-order chi connectivity index (χ0) is 16.2. The minimum absolute atomic E-state index is 0.150. The Labute approximate surface area is 119 Å². The van der Waals surface area contributed by atoms with Crippen LogP contribution in [0.2, 0.25) is 0 Å². The molecule has 1 aromatic rings. The number of halogens is 3. The molecule has 0 bridgehead atoms. The fraction of sp³-hybridized carbons (Fsp3) is 0.538. The molecule has 1 rings (SSSR count). The number of aliphatic carboxylic acids is 1. The first kappa shape index (κ1) is 17.1. The van der Waals surface area contributed by atoms with Crippen LogP contribution in [0, 0.1) is 5.92 Å². The molecule has 0 radical (unpaired) electrons. The number of rotatable bonds is 6. The molecule has 5 nitrogen and oxygen atoms in total. The number of hydrogen-bond acceptors (Lipinski definition) is 2. The first-order chi connectivity index (χ1) is 9.60. The molecule has 0 aliphatic carbocycles. The zero-order valence-electron chi connectivity index (χ0n) is 11.6. The summed E-state index contributed by atoms with van der Waals surface area (Å²) in [5.41, 5.74) is -0.150. The smallest absolute Gasteiger partial charge is 0.406 e. The van der Waals surface area contributed by atoms with E-state index in [1.54, 1.807) is 13.8 Å². The highest BCUT2D eigenvalue weighted by Crippen LogP contribution is 2.19. The summed E-state index contributed by atoms with van der Waals surface area (Å²) in [6.07, 6.45) is -3.57. The monoisotopic (exact) mass is 306 g/mol. The van der Waals surface area contributed by atoms with E-state index in [4.69, 9.17) is 5.11 Å². The number of alkyl halides is 3. The number of aromatic nitrogens is 1. The number of nitrogens with one attached hydrogen (secondary N) is 1. The van der Waals surface area contributed by atoms with Gasteiger partial charge >= 0.3 is 12.1 Å². The molecule has 1 unspecified atom stereocenters. The van der Waals surface area contributed by atoms with Gasteiger partial charge in [0.25, 0.3) is 5.91 Å². The maximum atomic E-state index is 12.4. The van der Waals surface area contributed by atoms with Crippen molar-refractivity contribution in [3.63, 3.8) is 0 Å². The molecule has 0 fully saturated rings. The quantitative estimate of drug-likeness (QED) is 0.847. The molecule has 2 N–H and O–H groups in total. The van der Waals surface area contributed by atoms with Gasteiger partial charge in [-0.15, -0.1) is 0 Å². The van der Waals surface area contributed by atoms with E-state index in [1.165, 1.54) is 12.1 Å². The molecule has 1 amide bonds. The fourth-order valence-electron chi connectivity index (χ4n) is 1.84. The molecule has 1 atom stereocenters. The number of carboxylic acids is 1. The summed E-state index contributed by atoms with van der Waals surface area (Å²) in [4.78, 5) is 22.7. The van der Waals surface area contributed by atoms with E-state index in [9.17, 15) is 22.8 Å². The van der Waals surface area contributed by atoms with E-state index in [-0.39, 0.29) is 18.0 Å². The van der Waals surface area contributed by atoms with Gasteiger partial charge in [-0.05, 0) is 18.1 Å². The van der Waals surface area contributed by atoms with Crippen LogP contribution in [0.1, 0.15) is 30.8 Å². The second-order valence-corrected chi connectivity index (χ2v) is 5.06. The summed E-state index contributed by atoms with van der Waals surface area (Å²) in [5, 5.41) is 11.2. The summed E-state index contributed by atoms with van der Waals surface area (Å²) in [6.45, 7) is 2.18. The average Bonchev–Trinajstić information content (AvgIpc) is 2.72. The molecule has 21 heavy (non-hydrogen) atoms. The summed E-state index contributed by atoms with van der Waals surface area (Å²) >= 11 is 0. The minimum atomic E-state index is -4.44. The van der Waals surface area contributed by atoms with E-state index in [0.717, 1.165) is 10.8 Å².